The van der Waals surface area contributed by atoms with Gasteiger partial charge in [0.2, 0.25) is 5.91 Å². The van der Waals surface area contributed by atoms with Gasteiger partial charge >= 0.3 is 5.97 Å². The van der Waals surface area contributed by atoms with Crippen LogP contribution in [0, 0.1) is 0 Å². The first-order chi connectivity index (χ1) is 9.60. The van der Waals surface area contributed by atoms with E-state index in [-0.39, 0.29) is 17.8 Å². The molecule has 2 aromatic rings. The van der Waals surface area contributed by atoms with Crippen LogP contribution in [0.1, 0.15) is 10.4 Å². The Balaban J connectivity index is 2.16. The van der Waals surface area contributed by atoms with E-state index < -0.39 is 11.9 Å². The predicted molar refractivity (Wildman–Crippen MR) is 68.6 cm³/mol. The van der Waals surface area contributed by atoms with Crippen LogP contribution in [-0.4, -0.2) is 38.9 Å². The molecule has 104 valence electrons. The molecule has 0 aliphatic carbocycles. The average Bonchev–Trinajstić information content (AvgIpc) is 2.91. The largest absolute Gasteiger partial charge is 0.497 e. The van der Waals surface area contributed by atoms with E-state index >= 15 is 0 Å². The molecule has 0 bridgehead atoms. The number of ether oxygens (including phenoxy) is 1. The van der Waals surface area contributed by atoms with Gasteiger partial charge in [-0.1, -0.05) is 0 Å². The summed E-state index contributed by atoms with van der Waals surface area (Å²) in [5.74, 6) is -1.15. The van der Waals surface area contributed by atoms with Crippen molar-refractivity contribution in [2.75, 3.05) is 12.4 Å². The van der Waals surface area contributed by atoms with Crippen LogP contribution in [0.2, 0.25) is 0 Å². The molecule has 0 aliphatic heterocycles. The molecular weight excluding hydrogens is 264 g/mol. The molecule has 0 spiro atoms. The standard InChI is InChI=1S/C12H12N4O4/c1-20-8-2-3-10(9(4-8)12(18)19)15-11(17)5-16-7-13-6-14-16/h2-4,6-7H,5H2,1H3,(H,15,17)(H,18,19). The van der Waals surface area contributed by atoms with E-state index in [1.54, 1.807) is 6.07 Å². The number of aromatic nitrogens is 3. The van der Waals surface area contributed by atoms with Gasteiger partial charge in [-0.2, -0.15) is 5.10 Å². The lowest BCUT2D eigenvalue weighted by atomic mass is 10.1. The van der Waals surface area contributed by atoms with Gasteiger partial charge in [-0.3, -0.25) is 4.79 Å². The molecule has 2 N–H and O–H groups in total. The summed E-state index contributed by atoms with van der Waals surface area (Å²) < 4.78 is 6.28. The van der Waals surface area contributed by atoms with Gasteiger partial charge in [0.1, 0.15) is 24.9 Å². The van der Waals surface area contributed by atoms with Crippen LogP contribution >= 0.6 is 0 Å². The van der Waals surface area contributed by atoms with E-state index in [2.05, 4.69) is 15.4 Å². The van der Waals surface area contributed by atoms with Crippen LogP contribution in [0.25, 0.3) is 0 Å². The van der Waals surface area contributed by atoms with E-state index in [4.69, 9.17) is 9.84 Å². The van der Waals surface area contributed by atoms with Gasteiger partial charge in [0.25, 0.3) is 0 Å². The van der Waals surface area contributed by atoms with Gasteiger partial charge in [-0.15, -0.1) is 0 Å². The van der Waals surface area contributed by atoms with Gasteiger partial charge in [-0.05, 0) is 18.2 Å². The third-order valence-corrected chi connectivity index (χ3v) is 2.50. The zero-order valence-corrected chi connectivity index (χ0v) is 10.6. The molecule has 0 saturated carbocycles. The lowest BCUT2D eigenvalue weighted by Crippen LogP contribution is -2.20. The molecule has 0 fully saturated rings. The van der Waals surface area contributed by atoms with E-state index in [0.29, 0.717) is 5.75 Å². The fourth-order valence-electron chi connectivity index (χ4n) is 1.59. The first kappa shape index (κ1) is 13.5. The highest BCUT2D eigenvalue weighted by molar-refractivity contribution is 6.00. The molecule has 0 aliphatic rings. The number of aromatic carboxylic acids is 1. The number of carboxylic acids is 1. The Hall–Kier alpha value is -2.90. The summed E-state index contributed by atoms with van der Waals surface area (Å²) in [6.07, 6.45) is 2.70. The van der Waals surface area contributed by atoms with E-state index in [1.807, 2.05) is 0 Å². The highest BCUT2D eigenvalue weighted by Crippen LogP contribution is 2.22. The van der Waals surface area contributed by atoms with Crippen LogP contribution in [0.4, 0.5) is 5.69 Å². The summed E-state index contributed by atoms with van der Waals surface area (Å²) in [5.41, 5.74) is 0.153. The second-order valence-corrected chi connectivity index (χ2v) is 3.86. The molecule has 0 radical (unpaired) electrons. The van der Waals surface area contributed by atoms with Gasteiger partial charge in [0.15, 0.2) is 0 Å². The van der Waals surface area contributed by atoms with Gasteiger partial charge < -0.3 is 15.2 Å². The maximum absolute atomic E-state index is 11.8. The fraction of sp³-hybridized carbons (Fsp3) is 0.167. The first-order valence-corrected chi connectivity index (χ1v) is 5.63. The Morgan fingerprint density at radius 1 is 1.45 bits per heavy atom. The number of benzene rings is 1. The van der Waals surface area contributed by atoms with Crippen molar-refractivity contribution in [3.05, 3.63) is 36.4 Å². The minimum Gasteiger partial charge on any atom is -0.497 e. The van der Waals surface area contributed by atoms with Gasteiger partial charge in [-0.25, -0.2) is 14.5 Å². The number of carbonyl (C=O) groups is 2. The van der Waals surface area contributed by atoms with E-state index in [9.17, 15) is 9.59 Å². The van der Waals surface area contributed by atoms with Crippen molar-refractivity contribution in [2.45, 2.75) is 6.54 Å². The smallest absolute Gasteiger partial charge is 0.337 e. The summed E-state index contributed by atoms with van der Waals surface area (Å²) in [5, 5.41) is 15.4. The monoisotopic (exact) mass is 276 g/mol. The lowest BCUT2D eigenvalue weighted by Gasteiger charge is -2.10. The molecule has 8 nitrogen and oxygen atoms in total. The zero-order valence-electron chi connectivity index (χ0n) is 10.6. The Morgan fingerprint density at radius 3 is 2.85 bits per heavy atom. The van der Waals surface area contributed by atoms with Crippen molar-refractivity contribution >= 4 is 17.6 Å². The van der Waals surface area contributed by atoms with Crippen molar-refractivity contribution in [1.29, 1.82) is 0 Å². The van der Waals surface area contributed by atoms with E-state index in [1.165, 1.54) is 36.6 Å². The number of anilines is 1. The SMILES string of the molecule is COc1ccc(NC(=O)Cn2cncn2)c(C(=O)O)c1. The Kier molecular flexibility index (Phi) is 3.94. The number of methoxy groups -OCH3 is 1. The minimum absolute atomic E-state index is 0.0451. The summed E-state index contributed by atoms with van der Waals surface area (Å²) in [7, 11) is 1.43. The number of nitrogens with zero attached hydrogens (tertiary/aromatic N) is 3. The minimum atomic E-state index is -1.15. The highest BCUT2D eigenvalue weighted by Gasteiger charge is 2.14. The maximum atomic E-state index is 11.8. The second-order valence-electron chi connectivity index (χ2n) is 3.86. The zero-order chi connectivity index (χ0) is 14.5. The molecule has 0 atom stereocenters. The molecule has 1 aromatic carbocycles. The van der Waals surface area contributed by atoms with Crippen LogP contribution < -0.4 is 10.1 Å². The number of carbonyl (C=O) groups excluding carboxylic acids is 1. The van der Waals surface area contributed by atoms with Gasteiger partial charge in [0, 0.05) is 0 Å². The second kappa shape index (κ2) is 5.83. The van der Waals surface area contributed by atoms with E-state index in [0.717, 1.165) is 0 Å². The van der Waals surface area contributed by atoms with Gasteiger partial charge in [0.05, 0.1) is 18.4 Å². The van der Waals surface area contributed by atoms with Crippen molar-refractivity contribution < 1.29 is 19.4 Å². The number of rotatable bonds is 5. The molecular formula is C12H12N4O4. The summed E-state index contributed by atoms with van der Waals surface area (Å²) >= 11 is 0. The summed E-state index contributed by atoms with van der Waals surface area (Å²) in [6, 6.07) is 4.38. The lowest BCUT2D eigenvalue weighted by molar-refractivity contribution is -0.116. The molecule has 0 saturated heterocycles. The van der Waals surface area contributed by atoms with Crippen molar-refractivity contribution in [3.8, 4) is 5.75 Å². The summed E-state index contributed by atoms with van der Waals surface area (Å²) in [4.78, 5) is 26.7. The normalized spacial score (nSPS) is 10.1. The first-order valence-electron chi connectivity index (χ1n) is 5.63. The molecule has 1 amide bonds. The van der Waals surface area contributed by atoms with Crippen molar-refractivity contribution in [3.63, 3.8) is 0 Å². The average molecular weight is 276 g/mol. The maximum Gasteiger partial charge on any atom is 0.337 e. The number of carboxylic acid groups (broad SMARTS) is 1. The Labute approximate surface area is 114 Å². The molecule has 8 heteroatoms. The number of hydrogen-bond donors (Lipinski definition) is 2. The van der Waals surface area contributed by atoms with Crippen LogP contribution in [-0.2, 0) is 11.3 Å². The van der Waals surface area contributed by atoms with Crippen molar-refractivity contribution in [1.82, 2.24) is 14.8 Å². The number of nitrogens with one attached hydrogen (secondary N) is 1. The quantitative estimate of drug-likeness (QED) is 0.829. The van der Waals surface area contributed by atoms with Crippen LogP contribution in [0.5, 0.6) is 5.75 Å². The molecule has 20 heavy (non-hydrogen) atoms. The van der Waals surface area contributed by atoms with Crippen LogP contribution in [0.3, 0.4) is 0 Å². The highest BCUT2D eigenvalue weighted by atomic mass is 16.5. The molecule has 1 heterocycles. The Morgan fingerprint density at radius 2 is 2.25 bits per heavy atom. The summed E-state index contributed by atoms with van der Waals surface area (Å²) in [6.45, 7) is -0.0505. The number of hydrogen-bond acceptors (Lipinski definition) is 5. The predicted octanol–water partition coefficient (Wildman–Crippen LogP) is 0.624. The topological polar surface area (TPSA) is 106 Å². The third-order valence-electron chi connectivity index (χ3n) is 2.50. The molecule has 1 aromatic heterocycles. The van der Waals surface area contributed by atoms with Crippen LogP contribution in [0.15, 0.2) is 30.9 Å². The van der Waals surface area contributed by atoms with Crippen molar-refractivity contribution in [2.24, 2.45) is 0 Å². The molecule has 2 rings (SSSR count). The molecule has 0 unspecified atom stereocenters. The Bertz CT molecular complexity index is 624. The fourth-order valence-corrected chi connectivity index (χ4v) is 1.59. The number of amides is 1. The third kappa shape index (κ3) is 3.10.